The van der Waals surface area contributed by atoms with Crippen LogP contribution in [-0.2, 0) is 10.8 Å². The summed E-state index contributed by atoms with van der Waals surface area (Å²) in [5.41, 5.74) is 9.77. The molecule has 4 aromatic rings. The van der Waals surface area contributed by atoms with E-state index in [0.717, 1.165) is 47.6 Å². The van der Waals surface area contributed by atoms with Gasteiger partial charge in [0.25, 0.3) is 5.91 Å². The number of nitrogens with one attached hydrogen (secondary N) is 1. The summed E-state index contributed by atoms with van der Waals surface area (Å²) in [5, 5.41) is 3.34. The topological polar surface area (TPSA) is 110 Å². The Kier molecular flexibility index (Phi) is 7.97. The van der Waals surface area contributed by atoms with Crippen molar-refractivity contribution in [2.24, 2.45) is 5.73 Å². The van der Waals surface area contributed by atoms with Crippen LogP contribution in [0.4, 0.5) is 11.6 Å². The number of benzene rings is 2. The smallest absolute Gasteiger partial charge is 0.259 e. The van der Waals surface area contributed by atoms with Crippen LogP contribution in [0.3, 0.4) is 0 Å². The van der Waals surface area contributed by atoms with Crippen LogP contribution < -0.4 is 15.8 Å². The van der Waals surface area contributed by atoms with Gasteiger partial charge in [-0.15, -0.1) is 11.3 Å². The molecule has 0 bridgehead atoms. The van der Waals surface area contributed by atoms with Gasteiger partial charge in [-0.3, -0.25) is 9.00 Å². The van der Waals surface area contributed by atoms with Crippen LogP contribution in [0.2, 0.25) is 0 Å². The summed E-state index contributed by atoms with van der Waals surface area (Å²) in [6.45, 7) is 6.20. The number of hydrogen-bond acceptors (Lipinski definition) is 8. The number of primary amides is 1. The number of anilines is 2. The molecule has 0 spiro atoms. The molecule has 0 unspecified atom stereocenters. The van der Waals surface area contributed by atoms with Crippen LogP contribution in [0.1, 0.15) is 47.8 Å². The van der Waals surface area contributed by atoms with E-state index in [4.69, 9.17) is 15.5 Å². The number of aromatic nitrogens is 2. The highest BCUT2D eigenvalue weighted by atomic mass is 32.2. The van der Waals surface area contributed by atoms with Gasteiger partial charge in [0.15, 0.2) is 0 Å². The Hall–Kier alpha value is -3.34. The van der Waals surface area contributed by atoms with E-state index >= 15 is 0 Å². The molecule has 1 aliphatic heterocycles. The van der Waals surface area contributed by atoms with Gasteiger partial charge in [-0.2, -0.15) is 0 Å². The number of nitrogens with zero attached hydrogens (tertiary/aromatic N) is 3. The highest BCUT2D eigenvalue weighted by Crippen LogP contribution is 2.39. The van der Waals surface area contributed by atoms with Crippen molar-refractivity contribution in [1.29, 1.82) is 0 Å². The van der Waals surface area contributed by atoms with Gasteiger partial charge in [0.1, 0.15) is 10.6 Å². The average Bonchev–Trinajstić information content (AvgIpc) is 3.29. The molecule has 0 aliphatic carbocycles. The van der Waals surface area contributed by atoms with Gasteiger partial charge in [0.2, 0.25) is 5.95 Å². The number of likely N-dealkylation sites (tertiary alicyclic amines) is 1. The van der Waals surface area contributed by atoms with Gasteiger partial charge in [0.05, 0.1) is 28.2 Å². The average molecular weight is 564 g/mol. The molecule has 1 aliphatic rings. The minimum Gasteiger partial charge on any atom is -0.489 e. The molecule has 5 rings (SSSR count). The van der Waals surface area contributed by atoms with Crippen molar-refractivity contribution >= 4 is 49.9 Å². The first-order valence-corrected chi connectivity index (χ1v) is 15.4. The highest BCUT2D eigenvalue weighted by Gasteiger charge is 2.22. The SMILES string of the molecule is CC(C)Oc1cc(C2CCN(C)CC2)ccc1Nc1ncc2sc(C(N)=O)c(-c3cccc([S@](C)=O)c3)c2n1. The number of amides is 1. The third-order valence-electron chi connectivity index (χ3n) is 6.91. The zero-order valence-corrected chi connectivity index (χ0v) is 24.2. The zero-order valence-electron chi connectivity index (χ0n) is 22.6. The monoisotopic (exact) mass is 563 g/mol. The lowest BCUT2D eigenvalue weighted by Gasteiger charge is -2.29. The summed E-state index contributed by atoms with van der Waals surface area (Å²) < 4.78 is 19.1. The number of thiophene rings is 1. The Morgan fingerprint density at radius 3 is 2.67 bits per heavy atom. The van der Waals surface area contributed by atoms with Crippen molar-refractivity contribution in [3.05, 3.63) is 59.1 Å². The number of nitrogens with two attached hydrogens (primary N) is 1. The minimum atomic E-state index is -1.17. The minimum absolute atomic E-state index is 0.000295. The van der Waals surface area contributed by atoms with Gasteiger partial charge in [-0.25, -0.2) is 9.97 Å². The van der Waals surface area contributed by atoms with Gasteiger partial charge in [-0.1, -0.05) is 18.2 Å². The third kappa shape index (κ3) is 5.98. The number of ether oxygens (including phenoxy) is 1. The fourth-order valence-corrected chi connectivity index (χ4v) is 6.48. The molecule has 2 aromatic carbocycles. The Balaban J connectivity index is 1.53. The second-order valence-corrected chi connectivity index (χ2v) is 12.6. The summed E-state index contributed by atoms with van der Waals surface area (Å²) in [7, 11) is 0.996. The van der Waals surface area contributed by atoms with E-state index in [9.17, 15) is 9.00 Å². The largest absolute Gasteiger partial charge is 0.489 e. The molecule has 1 atom stereocenters. The number of hydrogen-bond donors (Lipinski definition) is 2. The summed E-state index contributed by atoms with van der Waals surface area (Å²) in [5.74, 6) is 1.11. The van der Waals surface area contributed by atoms with Crippen LogP contribution in [-0.4, -0.2) is 57.5 Å². The fraction of sp³-hybridized carbons (Fsp3) is 0.345. The van der Waals surface area contributed by atoms with Crippen molar-refractivity contribution in [2.75, 3.05) is 31.7 Å². The fourth-order valence-electron chi connectivity index (χ4n) is 4.93. The number of fused-ring (bicyclic) bond motifs is 1. The highest BCUT2D eigenvalue weighted by molar-refractivity contribution is 7.84. The molecule has 2 aromatic heterocycles. The molecule has 39 heavy (non-hydrogen) atoms. The van der Waals surface area contributed by atoms with Crippen LogP contribution in [0.5, 0.6) is 5.75 Å². The van der Waals surface area contributed by atoms with Gasteiger partial charge < -0.3 is 20.7 Å². The second-order valence-electron chi connectivity index (χ2n) is 10.2. The zero-order chi connectivity index (χ0) is 27.7. The number of carbonyl (C=O) groups is 1. The molecular formula is C29H33N5O3S2. The summed E-state index contributed by atoms with van der Waals surface area (Å²) in [6, 6.07) is 13.6. The van der Waals surface area contributed by atoms with E-state index in [2.05, 4.69) is 34.4 Å². The predicted molar refractivity (Wildman–Crippen MR) is 159 cm³/mol. The molecule has 1 amide bonds. The Labute approximate surface area is 235 Å². The molecule has 10 heteroatoms. The van der Waals surface area contributed by atoms with Gasteiger partial charge in [-0.05, 0) is 88.1 Å². The number of piperidine rings is 1. The quantitative estimate of drug-likeness (QED) is 0.290. The lowest BCUT2D eigenvalue weighted by Crippen LogP contribution is -2.29. The molecule has 0 radical (unpaired) electrons. The van der Waals surface area contributed by atoms with Crippen LogP contribution in [0.15, 0.2) is 53.6 Å². The van der Waals surface area contributed by atoms with E-state index in [0.29, 0.717) is 32.7 Å². The first-order chi connectivity index (χ1) is 18.7. The molecule has 8 nitrogen and oxygen atoms in total. The molecule has 3 heterocycles. The third-order valence-corrected chi connectivity index (χ3v) is 8.96. The molecular weight excluding hydrogens is 530 g/mol. The Morgan fingerprint density at radius 2 is 1.97 bits per heavy atom. The maximum absolute atomic E-state index is 12.4. The van der Waals surface area contributed by atoms with E-state index in [1.54, 1.807) is 18.5 Å². The molecule has 1 saturated heterocycles. The Bertz CT molecular complexity index is 1540. The molecule has 1 fully saturated rings. The Morgan fingerprint density at radius 1 is 1.21 bits per heavy atom. The maximum Gasteiger partial charge on any atom is 0.259 e. The van der Waals surface area contributed by atoms with E-state index < -0.39 is 16.7 Å². The first-order valence-electron chi connectivity index (χ1n) is 13.0. The summed E-state index contributed by atoms with van der Waals surface area (Å²) in [4.78, 5) is 25.1. The lowest BCUT2D eigenvalue weighted by atomic mass is 9.89. The van der Waals surface area contributed by atoms with Crippen molar-refractivity contribution in [3.8, 4) is 16.9 Å². The number of carbonyl (C=O) groups excluding carboxylic acids is 1. The summed E-state index contributed by atoms with van der Waals surface area (Å²) >= 11 is 1.25. The van der Waals surface area contributed by atoms with Gasteiger partial charge >= 0.3 is 0 Å². The van der Waals surface area contributed by atoms with Crippen molar-refractivity contribution < 1.29 is 13.7 Å². The van der Waals surface area contributed by atoms with E-state index in [1.165, 1.54) is 16.9 Å². The maximum atomic E-state index is 12.4. The standard InChI is InChI=1S/C29H33N5O3S2/c1-17(2)37-23-15-19(18-10-12-34(3)13-11-18)8-9-22(23)32-29-31-16-24-26(33-29)25(27(38-24)28(30)35)20-6-5-7-21(14-20)39(4)36/h5-9,14-18H,10-13H2,1-4H3,(H2,30,35)(H,31,32,33)/t39-/m0/s1. The normalized spacial score (nSPS) is 15.5. The second kappa shape index (κ2) is 11.4. The van der Waals surface area contributed by atoms with Crippen molar-refractivity contribution in [2.45, 2.75) is 43.6 Å². The first kappa shape index (κ1) is 27.2. The number of rotatable bonds is 8. The van der Waals surface area contributed by atoms with Gasteiger partial charge in [0, 0.05) is 27.5 Å². The van der Waals surface area contributed by atoms with Crippen LogP contribution >= 0.6 is 11.3 Å². The van der Waals surface area contributed by atoms with Crippen LogP contribution in [0.25, 0.3) is 21.3 Å². The van der Waals surface area contributed by atoms with E-state index in [-0.39, 0.29) is 6.10 Å². The molecule has 0 saturated carbocycles. The molecule has 3 N–H and O–H groups in total. The lowest BCUT2D eigenvalue weighted by molar-refractivity contribution is 0.100. The predicted octanol–water partition coefficient (Wildman–Crippen LogP) is 5.53. The van der Waals surface area contributed by atoms with Crippen LogP contribution in [0, 0.1) is 0 Å². The van der Waals surface area contributed by atoms with Crippen molar-refractivity contribution in [3.63, 3.8) is 0 Å². The molecule has 204 valence electrons. The van der Waals surface area contributed by atoms with E-state index in [1.807, 2.05) is 38.1 Å². The summed E-state index contributed by atoms with van der Waals surface area (Å²) in [6.07, 6.45) is 5.57. The van der Waals surface area contributed by atoms with Crippen molar-refractivity contribution in [1.82, 2.24) is 14.9 Å².